The maximum atomic E-state index is 12.3. The van der Waals surface area contributed by atoms with Gasteiger partial charge in [-0.1, -0.05) is 12.1 Å². The van der Waals surface area contributed by atoms with Gasteiger partial charge in [0.2, 0.25) is 0 Å². The number of halogens is 3. The molecule has 0 amide bonds. The van der Waals surface area contributed by atoms with Gasteiger partial charge in [0, 0.05) is 11.4 Å². The van der Waals surface area contributed by atoms with E-state index in [9.17, 15) is 18.0 Å². The van der Waals surface area contributed by atoms with Crippen LogP contribution >= 0.6 is 0 Å². The van der Waals surface area contributed by atoms with Gasteiger partial charge in [0.25, 0.3) is 0 Å². The molecule has 2 fully saturated rings. The van der Waals surface area contributed by atoms with Crippen LogP contribution in [0.5, 0.6) is 5.75 Å². The first-order valence-electron chi connectivity index (χ1n) is 10.8. The number of benzene rings is 1. The molecule has 0 aromatic heterocycles. The lowest BCUT2D eigenvalue weighted by Crippen LogP contribution is -2.25. The van der Waals surface area contributed by atoms with E-state index in [1.165, 1.54) is 12.1 Å². The Morgan fingerprint density at radius 2 is 1.68 bits per heavy atom. The van der Waals surface area contributed by atoms with E-state index in [2.05, 4.69) is 4.74 Å². The molecular formula is C20H25F3O2. The zero-order chi connectivity index (χ0) is 21.4. The van der Waals surface area contributed by atoms with Gasteiger partial charge < -0.3 is 9.53 Å². The molecule has 5 heteroatoms. The second-order valence-corrected chi connectivity index (χ2v) is 6.89. The zero-order valence-electron chi connectivity index (χ0n) is 17.9. The number of alkyl halides is 3. The normalized spacial score (nSPS) is 40.9. The molecular weight excluding hydrogens is 329 g/mol. The fraction of sp³-hybridized carbons (Fsp3) is 0.650. The summed E-state index contributed by atoms with van der Waals surface area (Å²) < 4.78 is 73.5. The molecule has 0 saturated heterocycles. The second kappa shape index (κ2) is 7.79. The van der Waals surface area contributed by atoms with Crippen molar-refractivity contribution in [1.82, 2.24) is 0 Å². The van der Waals surface area contributed by atoms with Gasteiger partial charge >= 0.3 is 6.36 Å². The average Bonchev–Trinajstić information content (AvgIpc) is 2.66. The SMILES string of the molecule is [2H]C1C(C2CCC(c3ccc(OC(F)(F)F)cc3)CC2)CCC([2H])(C=O)C1([2H])[2H]. The minimum absolute atomic E-state index is 0.129. The van der Waals surface area contributed by atoms with Crippen LogP contribution in [-0.4, -0.2) is 12.6 Å². The molecule has 1 aromatic carbocycles. The van der Waals surface area contributed by atoms with Crippen LogP contribution in [0.25, 0.3) is 0 Å². The van der Waals surface area contributed by atoms with E-state index < -0.39 is 25.0 Å². The first-order chi connectivity index (χ1) is 13.5. The first-order valence-corrected chi connectivity index (χ1v) is 8.71. The molecule has 2 aliphatic rings. The number of hydrogen-bond acceptors (Lipinski definition) is 2. The Balaban J connectivity index is 1.60. The minimum atomic E-state index is -4.71. The van der Waals surface area contributed by atoms with Crippen LogP contribution in [0, 0.1) is 17.7 Å². The van der Waals surface area contributed by atoms with Crippen LogP contribution < -0.4 is 4.74 Å². The summed E-state index contributed by atoms with van der Waals surface area (Å²) in [6.07, 6.45) is -3.81. The average molecular weight is 358 g/mol. The number of hydrogen-bond donors (Lipinski definition) is 0. The predicted molar refractivity (Wildman–Crippen MR) is 89.3 cm³/mol. The highest BCUT2D eigenvalue weighted by atomic mass is 19.4. The summed E-state index contributed by atoms with van der Waals surface area (Å²) >= 11 is 0. The monoisotopic (exact) mass is 358 g/mol. The summed E-state index contributed by atoms with van der Waals surface area (Å²) in [7, 11) is 0. The number of rotatable bonds is 4. The fourth-order valence-electron chi connectivity index (χ4n) is 3.98. The van der Waals surface area contributed by atoms with Crippen molar-refractivity contribution < 1.29 is 28.2 Å². The lowest BCUT2D eigenvalue weighted by molar-refractivity contribution is -0.274. The molecule has 0 N–H and O–H groups in total. The van der Waals surface area contributed by atoms with Crippen molar-refractivity contribution in [2.45, 2.75) is 63.6 Å². The molecule has 2 saturated carbocycles. The van der Waals surface area contributed by atoms with Gasteiger partial charge in [0.15, 0.2) is 0 Å². The van der Waals surface area contributed by atoms with Crippen LogP contribution in [0.2, 0.25) is 0 Å². The molecule has 0 radical (unpaired) electrons. The minimum Gasteiger partial charge on any atom is -0.406 e. The third kappa shape index (κ3) is 4.99. The number of aldehydes is 1. The van der Waals surface area contributed by atoms with Crippen LogP contribution in [0.1, 0.15) is 68.3 Å². The van der Waals surface area contributed by atoms with Crippen molar-refractivity contribution in [3.8, 4) is 5.75 Å². The summed E-state index contributed by atoms with van der Waals surface area (Å²) in [6, 6.07) is 5.93. The van der Waals surface area contributed by atoms with Crippen molar-refractivity contribution >= 4 is 6.29 Å². The Morgan fingerprint density at radius 1 is 1.04 bits per heavy atom. The largest absolute Gasteiger partial charge is 0.573 e. The molecule has 3 rings (SSSR count). The molecule has 25 heavy (non-hydrogen) atoms. The highest BCUT2D eigenvalue weighted by molar-refractivity contribution is 5.53. The molecule has 0 bridgehead atoms. The van der Waals surface area contributed by atoms with E-state index in [1.807, 2.05) is 0 Å². The predicted octanol–water partition coefficient (Wildman–Crippen LogP) is 5.86. The van der Waals surface area contributed by atoms with Gasteiger partial charge in [-0.2, -0.15) is 0 Å². The molecule has 138 valence electrons. The van der Waals surface area contributed by atoms with Crippen LogP contribution in [0.4, 0.5) is 13.2 Å². The van der Waals surface area contributed by atoms with Crippen molar-refractivity contribution in [2.24, 2.45) is 17.7 Å². The molecule has 3 unspecified atom stereocenters. The Kier molecular flexibility index (Phi) is 4.26. The topological polar surface area (TPSA) is 26.3 Å². The third-order valence-corrected chi connectivity index (χ3v) is 5.33. The van der Waals surface area contributed by atoms with E-state index in [1.54, 1.807) is 12.1 Å². The maximum absolute atomic E-state index is 12.3. The number of carbonyl (C=O) groups excluding carboxylic acids is 1. The first kappa shape index (κ1) is 13.7. The van der Waals surface area contributed by atoms with E-state index in [4.69, 9.17) is 5.48 Å². The maximum Gasteiger partial charge on any atom is 0.573 e. The Labute approximate surface area is 152 Å². The fourth-order valence-corrected chi connectivity index (χ4v) is 3.98. The summed E-state index contributed by atoms with van der Waals surface area (Å²) in [5.74, 6) is -1.92. The van der Waals surface area contributed by atoms with E-state index in [0.29, 0.717) is 12.7 Å². The summed E-state index contributed by atoms with van der Waals surface area (Å²) in [4.78, 5) is 11.2. The summed E-state index contributed by atoms with van der Waals surface area (Å²) in [5, 5.41) is 0. The van der Waals surface area contributed by atoms with Crippen molar-refractivity contribution in [3.05, 3.63) is 29.8 Å². The molecule has 0 spiro atoms. The van der Waals surface area contributed by atoms with Gasteiger partial charge in [0.1, 0.15) is 12.0 Å². The van der Waals surface area contributed by atoms with E-state index >= 15 is 0 Å². The second-order valence-electron chi connectivity index (χ2n) is 6.89. The van der Waals surface area contributed by atoms with Crippen LogP contribution in [0.15, 0.2) is 24.3 Å². The van der Waals surface area contributed by atoms with Crippen molar-refractivity contribution in [3.63, 3.8) is 0 Å². The molecule has 2 aliphatic carbocycles. The molecule has 2 nitrogen and oxygen atoms in total. The lowest BCUT2D eigenvalue weighted by Gasteiger charge is -2.37. The van der Waals surface area contributed by atoms with E-state index in [0.717, 1.165) is 31.2 Å². The summed E-state index contributed by atoms with van der Waals surface area (Å²) in [5.41, 5.74) is 0.950. The van der Waals surface area contributed by atoms with Crippen LogP contribution in [0.3, 0.4) is 0 Å². The lowest BCUT2D eigenvalue weighted by atomic mass is 9.68. The van der Waals surface area contributed by atoms with Gasteiger partial charge in [-0.3, -0.25) is 0 Å². The smallest absolute Gasteiger partial charge is 0.406 e. The Hall–Kier alpha value is -1.52. The Bertz CT molecular complexity index is 717. The molecule has 0 heterocycles. The highest BCUT2D eigenvalue weighted by Gasteiger charge is 2.32. The zero-order valence-corrected chi connectivity index (χ0v) is 13.9. The van der Waals surface area contributed by atoms with Gasteiger partial charge in [-0.05, 0) is 86.7 Å². The van der Waals surface area contributed by atoms with Gasteiger partial charge in [-0.25, -0.2) is 0 Å². The van der Waals surface area contributed by atoms with Crippen molar-refractivity contribution in [2.75, 3.05) is 0 Å². The molecule has 1 aromatic rings. The van der Waals surface area contributed by atoms with E-state index in [-0.39, 0.29) is 29.9 Å². The van der Waals surface area contributed by atoms with Gasteiger partial charge in [0.05, 0.1) is 0 Å². The number of ether oxygens (including phenoxy) is 1. The molecule has 0 aliphatic heterocycles. The van der Waals surface area contributed by atoms with Gasteiger partial charge in [-0.15, -0.1) is 13.2 Å². The molecule has 3 atom stereocenters. The standard InChI is InChI=1S/C20H25F3O2/c21-20(22,23)25-19-11-9-18(10-12-19)17-7-5-16(6-8-17)15-3-1-14(13-24)2-4-15/h9-17H,1-8H2/i1D2,3D,14D. The summed E-state index contributed by atoms with van der Waals surface area (Å²) in [6.45, 7) is 0. The third-order valence-electron chi connectivity index (χ3n) is 5.33. The quantitative estimate of drug-likeness (QED) is 0.630. The Morgan fingerprint density at radius 3 is 2.28 bits per heavy atom. The van der Waals surface area contributed by atoms with Crippen molar-refractivity contribution in [1.29, 1.82) is 0 Å². The highest BCUT2D eigenvalue weighted by Crippen LogP contribution is 2.43. The van der Waals surface area contributed by atoms with Crippen LogP contribution in [-0.2, 0) is 4.79 Å². The number of carbonyl (C=O) groups is 1.